The van der Waals surface area contributed by atoms with Gasteiger partial charge in [-0.05, 0) is 41.5 Å². The average molecular weight is 569 g/mol. The van der Waals surface area contributed by atoms with Crippen LogP contribution >= 0.6 is 11.6 Å². The first-order valence-corrected chi connectivity index (χ1v) is 13.8. The van der Waals surface area contributed by atoms with E-state index in [9.17, 15) is 21.6 Å². The molecule has 1 aliphatic rings. The molecule has 0 N–H and O–H groups in total. The highest BCUT2D eigenvalue weighted by Crippen LogP contribution is 2.34. The van der Waals surface area contributed by atoms with Crippen LogP contribution in [-0.2, 0) is 20.9 Å². The number of sulfonamides is 1. The first kappa shape index (κ1) is 28.4. The highest BCUT2D eigenvalue weighted by molar-refractivity contribution is 7.89. The van der Waals surface area contributed by atoms with Gasteiger partial charge in [-0.3, -0.25) is 4.90 Å². The van der Waals surface area contributed by atoms with Crippen molar-refractivity contribution in [3.8, 4) is 5.75 Å². The number of nitrogens with zero attached hydrogens (tertiary/aromatic N) is 2. The molecule has 0 spiro atoms. The minimum absolute atomic E-state index is 0.0241. The van der Waals surface area contributed by atoms with Crippen molar-refractivity contribution in [1.29, 1.82) is 0 Å². The number of rotatable bonds is 9. The molecule has 1 fully saturated rings. The first-order valence-electron chi connectivity index (χ1n) is 12.0. The summed E-state index contributed by atoms with van der Waals surface area (Å²) in [5.41, 5.74) is 0.434. The molecule has 0 aliphatic carbocycles. The van der Waals surface area contributed by atoms with E-state index < -0.39 is 27.9 Å². The van der Waals surface area contributed by atoms with Crippen LogP contribution < -0.4 is 4.74 Å². The zero-order chi connectivity index (χ0) is 27.3. The third kappa shape index (κ3) is 6.68. The lowest BCUT2D eigenvalue weighted by Crippen LogP contribution is -2.49. The topological polar surface area (TPSA) is 59.1 Å². The second-order valence-corrected chi connectivity index (χ2v) is 11.2. The van der Waals surface area contributed by atoms with Gasteiger partial charge in [-0.2, -0.15) is 17.5 Å². The van der Waals surface area contributed by atoms with E-state index in [1.165, 1.54) is 29.6 Å². The lowest BCUT2D eigenvalue weighted by molar-refractivity contribution is -0.137. The van der Waals surface area contributed by atoms with Crippen LogP contribution in [0.5, 0.6) is 5.75 Å². The maximum atomic E-state index is 13.3. The zero-order valence-electron chi connectivity index (χ0n) is 20.7. The van der Waals surface area contributed by atoms with E-state index in [0.717, 1.165) is 17.7 Å². The number of hydrogen-bond acceptors (Lipinski definition) is 5. The molecule has 3 aromatic rings. The van der Waals surface area contributed by atoms with Crippen molar-refractivity contribution in [2.24, 2.45) is 0 Å². The summed E-state index contributed by atoms with van der Waals surface area (Å²) in [4.78, 5) is 2.09. The molecular weight excluding hydrogens is 541 g/mol. The summed E-state index contributed by atoms with van der Waals surface area (Å²) in [6.07, 6.45) is -5.12. The average Bonchev–Trinajstić information content (AvgIpc) is 2.91. The van der Waals surface area contributed by atoms with Crippen molar-refractivity contribution in [2.75, 3.05) is 46.4 Å². The molecule has 204 valence electrons. The fraction of sp³-hybridized carbons (Fsp3) is 0.333. The third-order valence-corrected chi connectivity index (χ3v) is 8.54. The monoisotopic (exact) mass is 568 g/mol. The molecule has 6 nitrogen and oxygen atoms in total. The number of methoxy groups -OCH3 is 1. The Labute approximate surface area is 225 Å². The van der Waals surface area contributed by atoms with Crippen molar-refractivity contribution in [3.05, 3.63) is 94.5 Å². The third-order valence-electron chi connectivity index (χ3n) is 6.39. The minimum Gasteiger partial charge on any atom is -0.495 e. The normalized spacial score (nSPS) is 16.3. The van der Waals surface area contributed by atoms with Crippen LogP contribution in [0.2, 0.25) is 5.02 Å². The number of alkyl halides is 3. The highest BCUT2D eigenvalue weighted by Gasteiger charge is 2.32. The molecule has 11 heteroatoms. The van der Waals surface area contributed by atoms with E-state index in [1.807, 2.05) is 30.3 Å². The maximum absolute atomic E-state index is 13.3. The number of ether oxygens (including phenoxy) is 2. The molecule has 4 rings (SSSR count). The maximum Gasteiger partial charge on any atom is 0.416 e. The van der Waals surface area contributed by atoms with E-state index >= 15 is 0 Å². The van der Waals surface area contributed by atoms with Gasteiger partial charge in [0.05, 0.1) is 19.3 Å². The van der Waals surface area contributed by atoms with Gasteiger partial charge >= 0.3 is 6.18 Å². The fourth-order valence-corrected chi connectivity index (χ4v) is 6.22. The summed E-state index contributed by atoms with van der Waals surface area (Å²) in [5, 5.41) is 0.300. The Kier molecular flexibility index (Phi) is 9.00. The van der Waals surface area contributed by atoms with E-state index in [-0.39, 0.29) is 30.3 Å². The molecule has 0 saturated carbocycles. The molecule has 0 bridgehead atoms. The lowest BCUT2D eigenvalue weighted by Gasteiger charge is -2.34. The van der Waals surface area contributed by atoms with Gasteiger partial charge in [0, 0.05) is 37.7 Å². The van der Waals surface area contributed by atoms with Gasteiger partial charge in [-0.15, -0.1) is 0 Å². The SMILES string of the molecule is COc1ccc(Cl)cc1S(=O)(=O)N1CCN(CCOC(c2ccccc2)c2cccc(C(F)(F)F)c2)CC1. The molecule has 0 radical (unpaired) electrons. The van der Waals surface area contributed by atoms with Crippen LogP contribution in [0.4, 0.5) is 13.2 Å². The molecule has 0 aromatic heterocycles. The summed E-state index contributed by atoms with van der Waals surface area (Å²) < 4.78 is 79.1. The predicted octanol–water partition coefficient (Wildman–Crippen LogP) is 5.48. The molecule has 1 saturated heterocycles. The number of halogens is 4. The van der Waals surface area contributed by atoms with Gasteiger partial charge in [0.1, 0.15) is 16.7 Å². The van der Waals surface area contributed by atoms with Crippen molar-refractivity contribution < 1.29 is 31.1 Å². The quantitative estimate of drug-likeness (QED) is 0.342. The molecule has 0 amide bonds. The van der Waals surface area contributed by atoms with Gasteiger partial charge in [0.2, 0.25) is 10.0 Å². The molecule has 1 unspecified atom stereocenters. The van der Waals surface area contributed by atoms with Crippen LogP contribution in [0.25, 0.3) is 0 Å². The van der Waals surface area contributed by atoms with Gasteiger partial charge < -0.3 is 9.47 Å². The van der Waals surface area contributed by atoms with Crippen LogP contribution in [0.3, 0.4) is 0 Å². The molecule has 1 heterocycles. The molecular formula is C27H28ClF3N2O4S. The standard InChI is InChI=1S/C27H28ClF3N2O4S/c1-36-24-11-10-23(28)19-25(24)38(34,35)33-14-12-32(13-15-33)16-17-37-26(20-6-3-2-4-7-20)21-8-5-9-22(18-21)27(29,30)31/h2-11,18-19,26H,12-17H2,1H3. The van der Waals surface area contributed by atoms with Crippen molar-refractivity contribution in [2.45, 2.75) is 17.2 Å². The van der Waals surface area contributed by atoms with E-state index in [2.05, 4.69) is 4.90 Å². The summed E-state index contributed by atoms with van der Waals surface area (Å²) in [5.74, 6) is 0.228. The summed E-state index contributed by atoms with van der Waals surface area (Å²) in [7, 11) is -2.39. The Balaban J connectivity index is 1.39. The Morgan fingerprint density at radius 1 is 0.921 bits per heavy atom. The minimum atomic E-state index is -4.45. The van der Waals surface area contributed by atoms with Crippen LogP contribution in [0.1, 0.15) is 22.8 Å². The van der Waals surface area contributed by atoms with Gasteiger partial charge in [0.25, 0.3) is 0 Å². The van der Waals surface area contributed by atoms with E-state index in [0.29, 0.717) is 30.2 Å². The van der Waals surface area contributed by atoms with E-state index in [1.54, 1.807) is 12.1 Å². The largest absolute Gasteiger partial charge is 0.495 e. The summed E-state index contributed by atoms with van der Waals surface area (Å²) in [6.45, 7) is 2.25. The first-order chi connectivity index (χ1) is 18.1. The number of piperazine rings is 1. The van der Waals surface area contributed by atoms with Crippen molar-refractivity contribution in [3.63, 3.8) is 0 Å². The van der Waals surface area contributed by atoms with Crippen LogP contribution in [0.15, 0.2) is 77.7 Å². The van der Waals surface area contributed by atoms with E-state index in [4.69, 9.17) is 21.1 Å². The summed E-state index contributed by atoms with van der Waals surface area (Å²) in [6, 6.07) is 18.7. The van der Waals surface area contributed by atoms with Gasteiger partial charge in [-0.1, -0.05) is 54.1 Å². The van der Waals surface area contributed by atoms with Gasteiger partial charge in [-0.25, -0.2) is 8.42 Å². The number of hydrogen-bond donors (Lipinski definition) is 0. The Bertz CT molecular complexity index is 1330. The lowest BCUT2D eigenvalue weighted by atomic mass is 9.99. The Morgan fingerprint density at radius 2 is 1.61 bits per heavy atom. The molecule has 3 aromatic carbocycles. The zero-order valence-corrected chi connectivity index (χ0v) is 22.3. The number of benzene rings is 3. The Hall–Kier alpha value is -2.63. The predicted molar refractivity (Wildman–Crippen MR) is 139 cm³/mol. The molecule has 1 aliphatic heterocycles. The van der Waals surface area contributed by atoms with Crippen molar-refractivity contribution in [1.82, 2.24) is 9.21 Å². The summed E-state index contributed by atoms with van der Waals surface area (Å²) >= 11 is 6.03. The Morgan fingerprint density at radius 3 is 2.26 bits per heavy atom. The van der Waals surface area contributed by atoms with Gasteiger partial charge in [0.15, 0.2) is 0 Å². The fourth-order valence-electron chi connectivity index (χ4n) is 4.38. The second kappa shape index (κ2) is 12.0. The molecule has 1 atom stereocenters. The second-order valence-electron chi connectivity index (χ2n) is 8.83. The van der Waals surface area contributed by atoms with Crippen LogP contribution in [-0.4, -0.2) is 64.1 Å². The highest BCUT2D eigenvalue weighted by atomic mass is 35.5. The smallest absolute Gasteiger partial charge is 0.416 e. The van der Waals surface area contributed by atoms with Crippen molar-refractivity contribution >= 4 is 21.6 Å². The van der Waals surface area contributed by atoms with Crippen LogP contribution in [0, 0.1) is 0 Å². The molecule has 38 heavy (non-hydrogen) atoms.